The van der Waals surface area contributed by atoms with E-state index in [9.17, 15) is 19.8 Å². The van der Waals surface area contributed by atoms with Gasteiger partial charge >= 0.3 is 11.9 Å². The number of hydrogen-bond donors (Lipinski definition) is 3. The van der Waals surface area contributed by atoms with Gasteiger partial charge in [0.15, 0.2) is 11.5 Å². The van der Waals surface area contributed by atoms with Crippen LogP contribution in [0.1, 0.15) is 46.1 Å². The van der Waals surface area contributed by atoms with E-state index < -0.39 is 24.2 Å². The molecule has 0 saturated heterocycles. The quantitative estimate of drug-likeness (QED) is 0.452. The maximum atomic E-state index is 12.1. The van der Waals surface area contributed by atoms with E-state index in [0.29, 0.717) is 17.9 Å². The molecule has 0 spiro atoms. The molecule has 0 aliphatic carbocycles. The van der Waals surface area contributed by atoms with Crippen molar-refractivity contribution in [2.24, 2.45) is 11.7 Å². The van der Waals surface area contributed by atoms with Crippen molar-refractivity contribution in [1.29, 1.82) is 0 Å². The summed E-state index contributed by atoms with van der Waals surface area (Å²) in [5.74, 6) is -1.07. The monoisotopic (exact) mass is 367 g/mol. The van der Waals surface area contributed by atoms with Crippen LogP contribution >= 0.6 is 0 Å². The Morgan fingerprint density at radius 1 is 1.04 bits per heavy atom. The van der Waals surface area contributed by atoms with E-state index in [0.717, 1.165) is 6.42 Å². The van der Waals surface area contributed by atoms with Gasteiger partial charge in [0.1, 0.15) is 18.2 Å². The summed E-state index contributed by atoms with van der Waals surface area (Å²) >= 11 is 0. The zero-order valence-corrected chi connectivity index (χ0v) is 15.8. The average Bonchev–Trinajstić information content (AvgIpc) is 2.56. The Labute approximate surface area is 154 Å². The molecule has 0 radical (unpaired) electrons. The van der Waals surface area contributed by atoms with Crippen molar-refractivity contribution in [2.45, 2.75) is 65.2 Å². The summed E-state index contributed by atoms with van der Waals surface area (Å²) in [6.45, 7) is 7.35. The van der Waals surface area contributed by atoms with Crippen LogP contribution < -0.4 is 5.73 Å². The molecule has 1 aromatic carbocycles. The first-order chi connectivity index (χ1) is 12.1. The highest BCUT2D eigenvalue weighted by molar-refractivity contribution is 5.76. The van der Waals surface area contributed by atoms with Gasteiger partial charge < -0.3 is 25.4 Å². The molecule has 0 amide bonds. The zero-order valence-electron chi connectivity index (χ0n) is 15.8. The SMILES string of the molecule is CC(C)CCC(=O)O[C@@H](C)[C@@H](C)OC(=O)[C@@H](N)Cc1ccc(O)c(O)c1. The summed E-state index contributed by atoms with van der Waals surface area (Å²) < 4.78 is 10.5. The number of nitrogens with two attached hydrogens (primary N) is 1. The largest absolute Gasteiger partial charge is 0.504 e. The molecule has 7 nitrogen and oxygen atoms in total. The molecule has 0 heterocycles. The van der Waals surface area contributed by atoms with Gasteiger partial charge in [-0.2, -0.15) is 0 Å². The van der Waals surface area contributed by atoms with Crippen LogP contribution in [-0.4, -0.2) is 40.4 Å². The second kappa shape index (κ2) is 10.0. The van der Waals surface area contributed by atoms with Gasteiger partial charge in [0.25, 0.3) is 0 Å². The van der Waals surface area contributed by atoms with E-state index in [1.165, 1.54) is 12.1 Å². The Bertz CT molecular complexity index is 616. The summed E-state index contributed by atoms with van der Waals surface area (Å²) in [5, 5.41) is 18.8. The molecule has 1 aromatic rings. The number of phenolic OH excluding ortho intramolecular Hbond substituents is 2. The predicted molar refractivity (Wildman–Crippen MR) is 96.6 cm³/mol. The van der Waals surface area contributed by atoms with Gasteiger partial charge in [-0.25, -0.2) is 0 Å². The smallest absolute Gasteiger partial charge is 0.323 e. The van der Waals surface area contributed by atoms with Crippen LogP contribution in [0.2, 0.25) is 0 Å². The first-order valence-corrected chi connectivity index (χ1v) is 8.76. The fraction of sp³-hybridized carbons (Fsp3) is 0.579. The molecule has 0 aromatic heterocycles. The minimum absolute atomic E-state index is 0.141. The van der Waals surface area contributed by atoms with E-state index in [2.05, 4.69) is 0 Å². The Morgan fingerprint density at radius 2 is 1.65 bits per heavy atom. The van der Waals surface area contributed by atoms with E-state index in [-0.39, 0.29) is 23.9 Å². The van der Waals surface area contributed by atoms with Gasteiger partial charge in [-0.1, -0.05) is 19.9 Å². The van der Waals surface area contributed by atoms with Crippen molar-refractivity contribution < 1.29 is 29.3 Å². The first-order valence-electron chi connectivity index (χ1n) is 8.76. The molecular weight excluding hydrogens is 338 g/mol. The lowest BCUT2D eigenvalue weighted by molar-refractivity contribution is -0.166. The van der Waals surface area contributed by atoms with Crippen molar-refractivity contribution >= 4 is 11.9 Å². The molecule has 0 saturated carbocycles. The highest BCUT2D eigenvalue weighted by atomic mass is 16.6. The molecule has 1 rings (SSSR count). The fourth-order valence-corrected chi connectivity index (χ4v) is 2.17. The average molecular weight is 367 g/mol. The molecule has 3 atom stereocenters. The number of benzene rings is 1. The van der Waals surface area contributed by atoms with Crippen molar-refractivity contribution in [2.75, 3.05) is 0 Å². The van der Waals surface area contributed by atoms with Gasteiger partial charge in [0, 0.05) is 6.42 Å². The molecule has 0 bridgehead atoms. The summed E-state index contributed by atoms with van der Waals surface area (Å²) in [6.07, 6.45) is -0.00764. The number of hydrogen-bond acceptors (Lipinski definition) is 7. The summed E-state index contributed by atoms with van der Waals surface area (Å²) in [5.41, 5.74) is 6.43. The Kier molecular flexibility index (Phi) is 8.38. The zero-order chi connectivity index (χ0) is 19.9. The van der Waals surface area contributed by atoms with E-state index in [1.807, 2.05) is 13.8 Å². The first kappa shape index (κ1) is 21.8. The summed E-state index contributed by atoms with van der Waals surface area (Å²) in [7, 11) is 0. The molecule has 0 aliphatic rings. The Balaban J connectivity index is 2.48. The summed E-state index contributed by atoms with van der Waals surface area (Å²) in [6, 6.07) is 3.28. The van der Waals surface area contributed by atoms with Crippen molar-refractivity contribution in [3.63, 3.8) is 0 Å². The fourth-order valence-electron chi connectivity index (χ4n) is 2.17. The van der Waals surface area contributed by atoms with Crippen LogP contribution in [0.3, 0.4) is 0 Å². The van der Waals surface area contributed by atoms with Crippen LogP contribution in [-0.2, 0) is 25.5 Å². The van der Waals surface area contributed by atoms with Crippen LogP contribution in [0.4, 0.5) is 0 Å². The van der Waals surface area contributed by atoms with Crippen molar-refractivity contribution in [1.82, 2.24) is 0 Å². The van der Waals surface area contributed by atoms with E-state index in [4.69, 9.17) is 15.2 Å². The van der Waals surface area contributed by atoms with E-state index >= 15 is 0 Å². The van der Waals surface area contributed by atoms with Crippen LogP contribution in [0.15, 0.2) is 18.2 Å². The number of carbonyl (C=O) groups is 2. The number of carbonyl (C=O) groups excluding carboxylic acids is 2. The molecule has 4 N–H and O–H groups in total. The lowest BCUT2D eigenvalue weighted by Crippen LogP contribution is -2.39. The maximum absolute atomic E-state index is 12.1. The number of esters is 2. The third-order valence-corrected chi connectivity index (χ3v) is 4.00. The van der Waals surface area contributed by atoms with Crippen molar-refractivity contribution in [3.8, 4) is 11.5 Å². The summed E-state index contributed by atoms with van der Waals surface area (Å²) in [4.78, 5) is 23.9. The standard InChI is InChI=1S/C19H29NO6/c1-11(2)5-8-18(23)25-12(3)13(4)26-19(24)15(20)9-14-6-7-16(21)17(22)10-14/h6-7,10-13,15,21-22H,5,8-9,20H2,1-4H3/t12-,13+,15-/m0/s1. The molecule has 7 heteroatoms. The molecule has 0 fully saturated rings. The molecule has 146 valence electrons. The van der Waals surface area contributed by atoms with Crippen LogP contribution in [0.25, 0.3) is 0 Å². The molecule has 0 unspecified atom stereocenters. The second-order valence-corrected chi connectivity index (χ2v) is 6.90. The highest BCUT2D eigenvalue weighted by Gasteiger charge is 2.24. The minimum Gasteiger partial charge on any atom is -0.504 e. The van der Waals surface area contributed by atoms with Gasteiger partial charge in [-0.15, -0.1) is 0 Å². The molecule has 26 heavy (non-hydrogen) atoms. The van der Waals surface area contributed by atoms with Gasteiger partial charge in [0.2, 0.25) is 0 Å². The minimum atomic E-state index is -0.940. The van der Waals surface area contributed by atoms with E-state index in [1.54, 1.807) is 19.9 Å². The number of rotatable bonds is 9. The maximum Gasteiger partial charge on any atom is 0.323 e. The Hall–Kier alpha value is -2.28. The normalized spacial score (nSPS) is 14.5. The van der Waals surface area contributed by atoms with Gasteiger partial charge in [0.05, 0.1) is 0 Å². The van der Waals surface area contributed by atoms with Gasteiger partial charge in [-0.3, -0.25) is 9.59 Å². The van der Waals surface area contributed by atoms with Crippen LogP contribution in [0, 0.1) is 5.92 Å². The highest BCUT2D eigenvalue weighted by Crippen LogP contribution is 2.25. The third-order valence-electron chi connectivity index (χ3n) is 4.00. The molecular formula is C19H29NO6. The Morgan fingerprint density at radius 3 is 2.23 bits per heavy atom. The topological polar surface area (TPSA) is 119 Å². The van der Waals surface area contributed by atoms with Crippen molar-refractivity contribution in [3.05, 3.63) is 23.8 Å². The predicted octanol–water partition coefficient (Wildman–Crippen LogP) is 2.27. The molecule has 0 aliphatic heterocycles. The number of phenols is 2. The number of aromatic hydroxyl groups is 2. The van der Waals surface area contributed by atoms with Crippen LogP contribution in [0.5, 0.6) is 11.5 Å². The lowest BCUT2D eigenvalue weighted by atomic mass is 10.1. The lowest BCUT2D eigenvalue weighted by Gasteiger charge is -2.22. The number of ether oxygens (including phenoxy) is 2. The third kappa shape index (κ3) is 7.31. The second-order valence-electron chi connectivity index (χ2n) is 6.90. The van der Waals surface area contributed by atoms with Gasteiger partial charge in [-0.05, 0) is 50.3 Å².